The average molecular weight is 325 g/mol. The topological polar surface area (TPSA) is 45.1 Å². The standard InChI is InChI=1S/C14H14BrFN2O/c1-14(9-19,13-7-6-10(16)8-17-13)18-12-5-3-2-4-11(12)15/h2-8,18-19H,9H2,1H3. The van der Waals surface area contributed by atoms with Crippen LogP contribution in [0, 0.1) is 5.82 Å². The number of hydrogen-bond acceptors (Lipinski definition) is 3. The SMILES string of the molecule is CC(CO)(Nc1ccccc1Br)c1ccc(F)cn1. The molecule has 1 aromatic carbocycles. The molecular formula is C14H14BrFN2O. The van der Waals surface area contributed by atoms with Gasteiger partial charge in [0.1, 0.15) is 11.4 Å². The minimum absolute atomic E-state index is 0.160. The first kappa shape index (κ1) is 14.0. The van der Waals surface area contributed by atoms with E-state index in [1.54, 1.807) is 6.07 Å². The third-order valence-corrected chi connectivity index (χ3v) is 3.58. The van der Waals surface area contributed by atoms with E-state index < -0.39 is 11.4 Å². The molecule has 5 heteroatoms. The van der Waals surface area contributed by atoms with Gasteiger partial charge in [0.05, 0.1) is 18.5 Å². The molecule has 0 bridgehead atoms. The van der Waals surface area contributed by atoms with Crippen LogP contribution in [0.1, 0.15) is 12.6 Å². The first-order chi connectivity index (χ1) is 9.05. The molecule has 1 atom stereocenters. The molecule has 0 aliphatic heterocycles. The number of aliphatic hydroxyl groups excluding tert-OH is 1. The van der Waals surface area contributed by atoms with Crippen LogP contribution in [0.5, 0.6) is 0 Å². The average Bonchev–Trinajstić information content (AvgIpc) is 2.42. The molecule has 1 aromatic heterocycles. The van der Waals surface area contributed by atoms with Crippen molar-refractivity contribution in [1.82, 2.24) is 4.98 Å². The second kappa shape index (κ2) is 5.67. The molecule has 0 fully saturated rings. The van der Waals surface area contributed by atoms with Crippen molar-refractivity contribution in [2.24, 2.45) is 0 Å². The highest BCUT2D eigenvalue weighted by atomic mass is 79.9. The number of anilines is 1. The largest absolute Gasteiger partial charge is 0.394 e. The van der Waals surface area contributed by atoms with E-state index in [1.165, 1.54) is 6.07 Å². The number of aromatic nitrogens is 1. The maximum absolute atomic E-state index is 12.9. The highest BCUT2D eigenvalue weighted by molar-refractivity contribution is 9.10. The Balaban J connectivity index is 2.33. The fraction of sp³-hybridized carbons (Fsp3) is 0.214. The van der Waals surface area contributed by atoms with E-state index in [9.17, 15) is 9.50 Å². The normalized spacial score (nSPS) is 13.9. The van der Waals surface area contributed by atoms with E-state index >= 15 is 0 Å². The van der Waals surface area contributed by atoms with Crippen molar-refractivity contribution in [1.29, 1.82) is 0 Å². The van der Waals surface area contributed by atoms with Gasteiger partial charge in [0.2, 0.25) is 0 Å². The summed E-state index contributed by atoms with van der Waals surface area (Å²) in [7, 11) is 0. The molecular weight excluding hydrogens is 311 g/mol. The van der Waals surface area contributed by atoms with Gasteiger partial charge < -0.3 is 10.4 Å². The number of nitrogens with zero attached hydrogens (tertiary/aromatic N) is 1. The van der Waals surface area contributed by atoms with Crippen molar-refractivity contribution in [2.75, 3.05) is 11.9 Å². The highest BCUT2D eigenvalue weighted by Crippen LogP contribution is 2.29. The fourth-order valence-corrected chi connectivity index (χ4v) is 2.13. The quantitative estimate of drug-likeness (QED) is 0.907. The lowest BCUT2D eigenvalue weighted by Gasteiger charge is -2.29. The van der Waals surface area contributed by atoms with Crippen molar-refractivity contribution >= 4 is 21.6 Å². The number of nitrogens with one attached hydrogen (secondary N) is 1. The lowest BCUT2D eigenvalue weighted by Crippen LogP contribution is -2.36. The monoisotopic (exact) mass is 324 g/mol. The predicted molar refractivity (Wildman–Crippen MR) is 76.4 cm³/mol. The van der Waals surface area contributed by atoms with Crippen LogP contribution in [0.4, 0.5) is 10.1 Å². The van der Waals surface area contributed by atoms with E-state index in [0.29, 0.717) is 5.69 Å². The number of hydrogen-bond donors (Lipinski definition) is 2. The zero-order chi connectivity index (χ0) is 13.9. The van der Waals surface area contributed by atoms with Gasteiger partial charge in [-0.15, -0.1) is 0 Å². The molecule has 3 nitrogen and oxygen atoms in total. The summed E-state index contributed by atoms with van der Waals surface area (Å²) in [6, 6.07) is 10.5. The summed E-state index contributed by atoms with van der Waals surface area (Å²) < 4.78 is 13.8. The van der Waals surface area contributed by atoms with Crippen LogP contribution in [-0.2, 0) is 5.54 Å². The van der Waals surface area contributed by atoms with Gasteiger partial charge in [-0.1, -0.05) is 12.1 Å². The fourth-order valence-electron chi connectivity index (χ4n) is 1.75. The smallest absolute Gasteiger partial charge is 0.141 e. The third kappa shape index (κ3) is 3.11. The Morgan fingerprint density at radius 1 is 1.32 bits per heavy atom. The van der Waals surface area contributed by atoms with E-state index in [0.717, 1.165) is 16.4 Å². The Morgan fingerprint density at radius 3 is 2.63 bits per heavy atom. The Labute approximate surface area is 119 Å². The molecule has 2 aromatic rings. The molecule has 0 saturated carbocycles. The molecule has 0 amide bonds. The highest BCUT2D eigenvalue weighted by Gasteiger charge is 2.27. The molecule has 19 heavy (non-hydrogen) atoms. The second-order valence-corrected chi connectivity index (χ2v) is 5.31. The van der Waals surface area contributed by atoms with Crippen molar-refractivity contribution in [3.05, 3.63) is 58.6 Å². The minimum Gasteiger partial charge on any atom is -0.394 e. The van der Waals surface area contributed by atoms with E-state index in [2.05, 4.69) is 26.2 Å². The number of rotatable bonds is 4. The summed E-state index contributed by atoms with van der Waals surface area (Å²) in [5, 5.41) is 12.9. The maximum atomic E-state index is 12.9. The summed E-state index contributed by atoms with van der Waals surface area (Å²) in [6.45, 7) is 1.65. The first-order valence-corrected chi connectivity index (χ1v) is 6.60. The summed E-state index contributed by atoms with van der Waals surface area (Å²) in [6.07, 6.45) is 1.14. The van der Waals surface area contributed by atoms with Gasteiger partial charge in [0, 0.05) is 10.2 Å². The summed E-state index contributed by atoms with van der Waals surface area (Å²) in [5.74, 6) is -0.398. The van der Waals surface area contributed by atoms with Crippen LogP contribution in [0.2, 0.25) is 0 Å². The van der Waals surface area contributed by atoms with E-state index in [1.807, 2.05) is 31.2 Å². The molecule has 2 N–H and O–H groups in total. The minimum atomic E-state index is -0.780. The zero-order valence-corrected chi connectivity index (χ0v) is 12.0. The number of aliphatic hydroxyl groups is 1. The van der Waals surface area contributed by atoms with Crippen molar-refractivity contribution < 1.29 is 9.50 Å². The van der Waals surface area contributed by atoms with Crippen LogP contribution in [-0.4, -0.2) is 16.7 Å². The first-order valence-electron chi connectivity index (χ1n) is 5.81. The molecule has 2 rings (SSSR count). The number of pyridine rings is 1. The van der Waals surface area contributed by atoms with Crippen LogP contribution in [0.25, 0.3) is 0 Å². The van der Waals surface area contributed by atoms with Crippen LogP contribution >= 0.6 is 15.9 Å². The van der Waals surface area contributed by atoms with Gasteiger partial charge in [-0.2, -0.15) is 0 Å². The Kier molecular flexibility index (Phi) is 4.17. The summed E-state index contributed by atoms with van der Waals surface area (Å²) in [5.41, 5.74) is 0.634. The lowest BCUT2D eigenvalue weighted by atomic mass is 9.97. The molecule has 100 valence electrons. The lowest BCUT2D eigenvalue weighted by molar-refractivity contribution is 0.220. The maximum Gasteiger partial charge on any atom is 0.141 e. The van der Waals surface area contributed by atoms with Crippen LogP contribution < -0.4 is 5.32 Å². The van der Waals surface area contributed by atoms with E-state index in [-0.39, 0.29) is 6.61 Å². The van der Waals surface area contributed by atoms with Crippen molar-refractivity contribution in [2.45, 2.75) is 12.5 Å². The molecule has 0 saturated heterocycles. The summed E-state index contributed by atoms with van der Waals surface area (Å²) >= 11 is 3.44. The Hall–Kier alpha value is -1.46. The van der Waals surface area contributed by atoms with Gasteiger partial charge in [-0.25, -0.2) is 4.39 Å². The van der Waals surface area contributed by atoms with Crippen molar-refractivity contribution in [3.63, 3.8) is 0 Å². The van der Waals surface area contributed by atoms with Gasteiger partial charge >= 0.3 is 0 Å². The van der Waals surface area contributed by atoms with E-state index in [4.69, 9.17) is 0 Å². The molecule has 0 radical (unpaired) electrons. The molecule has 0 aliphatic rings. The number of para-hydroxylation sites is 1. The zero-order valence-electron chi connectivity index (χ0n) is 10.4. The van der Waals surface area contributed by atoms with Gasteiger partial charge in [0.15, 0.2) is 0 Å². The van der Waals surface area contributed by atoms with Gasteiger partial charge in [-0.05, 0) is 47.1 Å². The molecule has 0 aliphatic carbocycles. The molecule has 1 heterocycles. The Bertz CT molecular complexity index is 562. The third-order valence-electron chi connectivity index (χ3n) is 2.89. The molecule has 0 spiro atoms. The number of halogens is 2. The van der Waals surface area contributed by atoms with Crippen LogP contribution in [0.3, 0.4) is 0 Å². The summed E-state index contributed by atoms with van der Waals surface area (Å²) in [4.78, 5) is 4.03. The second-order valence-electron chi connectivity index (χ2n) is 4.46. The number of benzene rings is 1. The van der Waals surface area contributed by atoms with Crippen molar-refractivity contribution in [3.8, 4) is 0 Å². The van der Waals surface area contributed by atoms with Crippen LogP contribution in [0.15, 0.2) is 47.1 Å². The van der Waals surface area contributed by atoms with Gasteiger partial charge in [-0.3, -0.25) is 4.98 Å². The van der Waals surface area contributed by atoms with Gasteiger partial charge in [0.25, 0.3) is 0 Å². The molecule has 1 unspecified atom stereocenters. The predicted octanol–water partition coefficient (Wildman–Crippen LogP) is 3.30. The Morgan fingerprint density at radius 2 is 2.05 bits per heavy atom.